The molecule has 1 amide bonds. The second-order valence-corrected chi connectivity index (χ2v) is 9.81. The van der Waals surface area contributed by atoms with Crippen molar-refractivity contribution in [2.45, 2.75) is 46.4 Å². The second kappa shape index (κ2) is 12.1. The molecule has 0 atom stereocenters. The number of benzene rings is 3. The molecular weight excluding hydrogens is 494 g/mol. The zero-order valence-corrected chi connectivity index (χ0v) is 23.1. The van der Waals surface area contributed by atoms with Crippen LogP contribution in [0.5, 0.6) is 5.75 Å². The van der Waals surface area contributed by atoms with Crippen molar-refractivity contribution >= 4 is 22.6 Å². The van der Waals surface area contributed by atoms with Crippen LogP contribution in [0.2, 0.25) is 0 Å². The quantitative estimate of drug-likeness (QED) is 0.265. The molecule has 8 nitrogen and oxygen atoms in total. The number of hydrogen-bond acceptors (Lipinski definition) is 7. The third-order valence-electron chi connectivity index (χ3n) is 6.43. The third kappa shape index (κ3) is 6.64. The van der Waals surface area contributed by atoms with Gasteiger partial charge in [-0.15, -0.1) is 0 Å². The minimum Gasteiger partial charge on any atom is -0.476 e. The van der Waals surface area contributed by atoms with Crippen molar-refractivity contribution in [2.24, 2.45) is 0 Å². The maximum Gasteiger partial charge on any atom is 0.349 e. The zero-order valence-electron chi connectivity index (χ0n) is 23.1. The van der Waals surface area contributed by atoms with Gasteiger partial charge in [0.25, 0.3) is 0 Å². The van der Waals surface area contributed by atoms with Crippen LogP contribution in [0.4, 0.5) is 0 Å². The van der Waals surface area contributed by atoms with Crippen molar-refractivity contribution < 1.29 is 23.5 Å². The maximum atomic E-state index is 12.4. The SMILES string of the molecule is CCOC(=O)C(C)(C)Oc1ccc(CN(CC(=O)NC)Cc2nc(-c3ccccc3)oc2C)c2ccccc12. The predicted molar refractivity (Wildman–Crippen MR) is 150 cm³/mol. The van der Waals surface area contributed by atoms with Gasteiger partial charge in [-0.25, -0.2) is 9.78 Å². The van der Waals surface area contributed by atoms with E-state index in [-0.39, 0.29) is 19.1 Å². The van der Waals surface area contributed by atoms with E-state index in [9.17, 15) is 9.59 Å². The molecule has 1 aromatic heterocycles. The largest absolute Gasteiger partial charge is 0.476 e. The molecule has 0 unspecified atom stereocenters. The highest BCUT2D eigenvalue weighted by Gasteiger charge is 2.32. The minimum atomic E-state index is -1.15. The number of aromatic nitrogens is 1. The van der Waals surface area contributed by atoms with Crippen LogP contribution in [0.25, 0.3) is 22.2 Å². The van der Waals surface area contributed by atoms with Gasteiger partial charge in [0.1, 0.15) is 11.5 Å². The standard InChI is InChI=1S/C31H35N3O5/c1-6-37-30(36)31(3,4)39-27-17-16-23(24-14-10-11-15-25(24)27)18-34(20-28(35)32-5)19-26-21(2)38-29(33-26)22-12-8-7-9-13-22/h7-17H,6,18-20H2,1-5H3,(H,32,35). The Labute approximate surface area is 228 Å². The first-order chi connectivity index (χ1) is 18.7. The molecule has 0 saturated carbocycles. The van der Waals surface area contributed by atoms with Gasteiger partial charge in [0.05, 0.1) is 18.8 Å². The highest BCUT2D eigenvalue weighted by molar-refractivity contribution is 5.91. The first kappa shape index (κ1) is 27.9. The average Bonchev–Trinajstić information content (AvgIpc) is 3.30. The van der Waals surface area contributed by atoms with Gasteiger partial charge < -0.3 is 19.2 Å². The van der Waals surface area contributed by atoms with Gasteiger partial charge in [-0.3, -0.25) is 9.69 Å². The molecule has 0 aliphatic rings. The number of esters is 1. The Hall–Kier alpha value is -4.17. The number of ether oxygens (including phenoxy) is 2. The van der Waals surface area contributed by atoms with Crippen molar-refractivity contribution in [3.8, 4) is 17.2 Å². The van der Waals surface area contributed by atoms with Gasteiger partial charge in [-0.1, -0.05) is 48.5 Å². The highest BCUT2D eigenvalue weighted by Crippen LogP contribution is 2.32. The molecule has 0 saturated heterocycles. The third-order valence-corrected chi connectivity index (χ3v) is 6.43. The van der Waals surface area contributed by atoms with Crippen LogP contribution >= 0.6 is 0 Å². The molecule has 4 rings (SSSR count). The summed E-state index contributed by atoms with van der Waals surface area (Å²) in [4.78, 5) is 31.7. The second-order valence-electron chi connectivity index (χ2n) is 9.81. The minimum absolute atomic E-state index is 0.0973. The number of fused-ring (bicyclic) bond motifs is 1. The van der Waals surface area contributed by atoms with E-state index in [1.165, 1.54) is 0 Å². The zero-order chi connectivity index (χ0) is 28.0. The Balaban J connectivity index is 1.63. The van der Waals surface area contributed by atoms with E-state index >= 15 is 0 Å². The van der Waals surface area contributed by atoms with E-state index in [1.807, 2.05) is 78.6 Å². The summed E-state index contributed by atoms with van der Waals surface area (Å²) in [5, 5.41) is 4.56. The molecule has 0 fully saturated rings. The van der Waals surface area contributed by atoms with Crippen LogP contribution in [0, 0.1) is 6.92 Å². The van der Waals surface area contributed by atoms with E-state index in [2.05, 4.69) is 5.32 Å². The Morgan fingerprint density at radius 2 is 1.67 bits per heavy atom. The Kier molecular flexibility index (Phi) is 8.66. The molecule has 0 aliphatic heterocycles. The molecule has 204 valence electrons. The maximum absolute atomic E-state index is 12.4. The number of nitrogens with zero attached hydrogens (tertiary/aromatic N) is 2. The lowest BCUT2D eigenvalue weighted by Gasteiger charge is -2.26. The van der Waals surface area contributed by atoms with Crippen LogP contribution in [-0.2, 0) is 27.4 Å². The molecular formula is C31H35N3O5. The molecule has 0 bridgehead atoms. The number of aryl methyl sites for hydroxylation is 1. The number of likely N-dealkylation sites (N-methyl/N-ethyl adjacent to an activating group) is 1. The van der Waals surface area contributed by atoms with Crippen LogP contribution in [0.3, 0.4) is 0 Å². The smallest absolute Gasteiger partial charge is 0.349 e. The average molecular weight is 530 g/mol. The molecule has 0 radical (unpaired) electrons. The van der Waals surface area contributed by atoms with Gasteiger partial charge in [-0.05, 0) is 56.8 Å². The molecule has 1 N–H and O–H groups in total. The van der Waals surface area contributed by atoms with E-state index in [0.717, 1.165) is 27.6 Å². The van der Waals surface area contributed by atoms with Crippen molar-refractivity contribution in [1.29, 1.82) is 0 Å². The summed E-state index contributed by atoms with van der Waals surface area (Å²) in [5.41, 5.74) is 1.54. The normalized spacial score (nSPS) is 11.5. The van der Waals surface area contributed by atoms with E-state index in [4.69, 9.17) is 18.9 Å². The van der Waals surface area contributed by atoms with Crippen LogP contribution < -0.4 is 10.1 Å². The van der Waals surface area contributed by atoms with Gasteiger partial charge in [0.15, 0.2) is 5.60 Å². The summed E-state index contributed by atoms with van der Waals surface area (Å²) >= 11 is 0. The molecule has 39 heavy (non-hydrogen) atoms. The topological polar surface area (TPSA) is 93.9 Å². The number of rotatable bonds is 11. The number of nitrogens with one attached hydrogen (secondary N) is 1. The Morgan fingerprint density at radius 3 is 2.36 bits per heavy atom. The van der Waals surface area contributed by atoms with Gasteiger partial charge >= 0.3 is 5.97 Å². The fraction of sp³-hybridized carbons (Fsp3) is 0.323. The van der Waals surface area contributed by atoms with Crippen molar-refractivity contribution in [3.05, 3.63) is 83.7 Å². The Bertz CT molecular complexity index is 1450. The first-order valence-corrected chi connectivity index (χ1v) is 13.0. The lowest BCUT2D eigenvalue weighted by Crippen LogP contribution is -2.39. The van der Waals surface area contributed by atoms with E-state index in [0.29, 0.717) is 30.5 Å². The number of oxazole rings is 1. The Morgan fingerprint density at radius 1 is 0.974 bits per heavy atom. The first-order valence-electron chi connectivity index (χ1n) is 13.0. The van der Waals surface area contributed by atoms with Crippen molar-refractivity contribution in [3.63, 3.8) is 0 Å². The predicted octanol–water partition coefficient (Wildman–Crippen LogP) is 5.27. The van der Waals surface area contributed by atoms with Gasteiger partial charge in [0.2, 0.25) is 11.8 Å². The van der Waals surface area contributed by atoms with Gasteiger partial charge in [-0.2, -0.15) is 0 Å². The summed E-state index contributed by atoms with van der Waals surface area (Å²) in [6, 6.07) is 21.5. The summed E-state index contributed by atoms with van der Waals surface area (Å²) in [6.45, 7) is 8.44. The lowest BCUT2D eigenvalue weighted by molar-refractivity contribution is -0.158. The highest BCUT2D eigenvalue weighted by atomic mass is 16.6. The van der Waals surface area contributed by atoms with Crippen LogP contribution in [-0.4, -0.2) is 47.6 Å². The van der Waals surface area contributed by atoms with E-state index in [1.54, 1.807) is 27.8 Å². The molecule has 4 aromatic rings. The fourth-order valence-corrected chi connectivity index (χ4v) is 4.36. The fourth-order valence-electron chi connectivity index (χ4n) is 4.36. The summed E-state index contributed by atoms with van der Waals surface area (Å²) in [5.74, 6) is 1.34. The number of carbonyl (C=O) groups is 2. The van der Waals surface area contributed by atoms with Crippen molar-refractivity contribution in [1.82, 2.24) is 15.2 Å². The van der Waals surface area contributed by atoms with Crippen molar-refractivity contribution in [2.75, 3.05) is 20.2 Å². The summed E-state index contributed by atoms with van der Waals surface area (Å²) in [7, 11) is 1.63. The van der Waals surface area contributed by atoms with Gasteiger partial charge in [0, 0.05) is 31.1 Å². The van der Waals surface area contributed by atoms with Crippen LogP contribution in [0.15, 0.2) is 71.1 Å². The summed E-state index contributed by atoms with van der Waals surface area (Å²) in [6.07, 6.45) is 0. The summed E-state index contributed by atoms with van der Waals surface area (Å²) < 4.78 is 17.3. The molecule has 8 heteroatoms. The monoisotopic (exact) mass is 529 g/mol. The lowest BCUT2D eigenvalue weighted by atomic mass is 10.0. The number of carbonyl (C=O) groups excluding carboxylic acids is 2. The van der Waals surface area contributed by atoms with E-state index < -0.39 is 11.6 Å². The molecule has 0 spiro atoms. The molecule has 3 aromatic carbocycles. The number of amides is 1. The number of hydrogen-bond donors (Lipinski definition) is 1. The molecule has 1 heterocycles. The van der Waals surface area contributed by atoms with Crippen LogP contribution in [0.1, 0.15) is 37.8 Å². The molecule has 0 aliphatic carbocycles.